The smallest absolute Gasteiger partial charge is 0.118 e. The minimum atomic E-state index is 0.0857. The van der Waals surface area contributed by atoms with E-state index in [1.165, 1.54) is 37.1 Å². The number of nitrogens with zero attached hydrogens (tertiary/aromatic N) is 1. The second kappa shape index (κ2) is 6.69. The highest BCUT2D eigenvalue weighted by Crippen LogP contribution is 2.34. The molecular formula is C18H27N3O. The lowest BCUT2D eigenvalue weighted by Gasteiger charge is -2.44. The molecule has 120 valence electrons. The van der Waals surface area contributed by atoms with Crippen LogP contribution < -0.4 is 15.4 Å². The van der Waals surface area contributed by atoms with Crippen molar-refractivity contribution in [1.82, 2.24) is 10.6 Å². The number of hydrogen-bond donors (Lipinski definition) is 2. The number of ether oxygens (including phenoxy) is 1. The van der Waals surface area contributed by atoms with Crippen molar-refractivity contribution in [3.63, 3.8) is 0 Å². The van der Waals surface area contributed by atoms with Crippen LogP contribution in [-0.2, 0) is 6.54 Å². The predicted molar refractivity (Wildman–Crippen MR) is 90.5 cm³/mol. The molecular weight excluding hydrogens is 274 g/mol. The summed E-state index contributed by atoms with van der Waals surface area (Å²) in [5, 5.41) is 7.36. The molecule has 22 heavy (non-hydrogen) atoms. The van der Waals surface area contributed by atoms with E-state index in [9.17, 15) is 0 Å². The maximum atomic E-state index is 5.21. The summed E-state index contributed by atoms with van der Waals surface area (Å²) in [6.45, 7) is 5.06. The molecule has 1 saturated carbocycles. The van der Waals surface area contributed by atoms with Gasteiger partial charge >= 0.3 is 0 Å². The molecule has 0 amide bonds. The van der Waals surface area contributed by atoms with E-state index in [1.54, 1.807) is 7.11 Å². The van der Waals surface area contributed by atoms with Crippen molar-refractivity contribution in [2.75, 3.05) is 20.2 Å². The van der Waals surface area contributed by atoms with Gasteiger partial charge in [0.1, 0.15) is 11.6 Å². The first-order chi connectivity index (χ1) is 10.7. The van der Waals surface area contributed by atoms with Gasteiger partial charge in [0.25, 0.3) is 0 Å². The average Bonchev–Trinajstić information content (AvgIpc) is 2.54. The minimum Gasteiger partial charge on any atom is -0.497 e. The number of hydrogen-bond acceptors (Lipinski definition) is 4. The standard InChI is InChI=1S/C18H27N3O/c1-14-4-3-9-18(12-14)17(19-10-11-21-18)20-13-15-5-7-16(22-2)8-6-15/h5-8,14,21H,3-4,9-13H2,1-2H3,(H,19,20). The van der Waals surface area contributed by atoms with Crippen molar-refractivity contribution in [1.29, 1.82) is 0 Å². The molecule has 2 atom stereocenters. The average molecular weight is 301 g/mol. The lowest BCUT2D eigenvalue weighted by Crippen LogP contribution is -2.61. The summed E-state index contributed by atoms with van der Waals surface area (Å²) in [5.41, 5.74) is 1.34. The van der Waals surface area contributed by atoms with Crippen molar-refractivity contribution < 1.29 is 4.74 Å². The zero-order chi connectivity index (χ0) is 15.4. The normalized spacial score (nSPS) is 28.3. The topological polar surface area (TPSA) is 45.6 Å². The van der Waals surface area contributed by atoms with E-state index >= 15 is 0 Å². The van der Waals surface area contributed by atoms with Gasteiger partial charge < -0.3 is 15.4 Å². The molecule has 0 aromatic heterocycles. The van der Waals surface area contributed by atoms with Crippen LogP contribution in [0.1, 0.15) is 38.2 Å². The largest absolute Gasteiger partial charge is 0.497 e. The summed E-state index contributed by atoms with van der Waals surface area (Å²) in [6.07, 6.45) is 5.03. The zero-order valence-electron chi connectivity index (χ0n) is 13.7. The van der Waals surface area contributed by atoms with E-state index < -0.39 is 0 Å². The van der Waals surface area contributed by atoms with Gasteiger partial charge in [0.05, 0.1) is 19.2 Å². The van der Waals surface area contributed by atoms with Gasteiger partial charge in [-0.3, -0.25) is 4.99 Å². The maximum absolute atomic E-state index is 5.21. The van der Waals surface area contributed by atoms with Gasteiger partial charge in [-0.15, -0.1) is 0 Å². The van der Waals surface area contributed by atoms with Gasteiger partial charge in [-0.25, -0.2) is 0 Å². The van der Waals surface area contributed by atoms with E-state index in [1.807, 2.05) is 12.1 Å². The van der Waals surface area contributed by atoms with Gasteiger partial charge in [-0.05, 0) is 36.5 Å². The third kappa shape index (κ3) is 3.27. The SMILES string of the molecule is COc1ccc(CNC2=NCCNC23CCCC(C)C3)cc1. The zero-order valence-corrected chi connectivity index (χ0v) is 13.7. The first-order valence-electron chi connectivity index (χ1n) is 8.39. The van der Waals surface area contributed by atoms with Crippen LogP contribution in [0.5, 0.6) is 5.75 Å². The van der Waals surface area contributed by atoms with Crippen molar-refractivity contribution in [2.45, 2.75) is 44.7 Å². The predicted octanol–water partition coefficient (Wildman–Crippen LogP) is 2.74. The Morgan fingerprint density at radius 3 is 2.91 bits per heavy atom. The molecule has 0 radical (unpaired) electrons. The monoisotopic (exact) mass is 301 g/mol. The molecule has 2 unspecified atom stereocenters. The van der Waals surface area contributed by atoms with Crippen molar-refractivity contribution >= 4 is 5.84 Å². The van der Waals surface area contributed by atoms with Gasteiger partial charge in [0.15, 0.2) is 0 Å². The number of amidine groups is 1. The lowest BCUT2D eigenvalue weighted by atomic mass is 9.75. The first-order valence-corrected chi connectivity index (χ1v) is 8.39. The van der Waals surface area contributed by atoms with E-state index in [4.69, 9.17) is 9.73 Å². The molecule has 4 heteroatoms. The molecule has 2 aliphatic rings. The molecule has 4 nitrogen and oxygen atoms in total. The minimum absolute atomic E-state index is 0.0857. The van der Waals surface area contributed by atoms with Gasteiger partial charge in [0, 0.05) is 13.1 Å². The summed E-state index contributed by atoms with van der Waals surface area (Å²) < 4.78 is 5.21. The molecule has 2 N–H and O–H groups in total. The third-order valence-electron chi connectivity index (χ3n) is 4.91. The number of nitrogens with one attached hydrogen (secondary N) is 2. The first kappa shape index (κ1) is 15.3. The Morgan fingerprint density at radius 1 is 1.36 bits per heavy atom. The lowest BCUT2D eigenvalue weighted by molar-refractivity contribution is 0.243. The van der Waals surface area contributed by atoms with Crippen LogP contribution in [0.4, 0.5) is 0 Å². The summed E-state index contributed by atoms with van der Waals surface area (Å²) >= 11 is 0. The van der Waals surface area contributed by atoms with Crippen LogP contribution in [0.25, 0.3) is 0 Å². The van der Waals surface area contributed by atoms with Crippen LogP contribution in [0, 0.1) is 5.92 Å². The van der Waals surface area contributed by atoms with E-state index in [0.717, 1.165) is 31.3 Å². The summed E-state index contributed by atoms with van der Waals surface area (Å²) in [6, 6.07) is 8.24. The fourth-order valence-electron chi connectivity index (χ4n) is 3.78. The number of rotatable bonds is 3. The second-order valence-corrected chi connectivity index (χ2v) is 6.64. The maximum Gasteiger partial charge on any atom is 0.118 e. The molecule has 1 fully saturated rings. The molecule has 0 saturated heterocycles. The second-order valence-electron chi connectivity index (χ2n) is 6.64. The van der Waals surface area contributed by atoms with Crippen molar-refractivity contribution in [3.05, 3.63) is 29.8 Å². The van der Waals surface area contributed by atoms with Crippen LogP contribution in [0.2, 0.25) is 0 Å². The summed E-state index contributed by atoms with van der Waals surface area (Å²) in [5.74, 6) is 2.84. The van der Waals surface area contributed by atoms with Gasteiger partial charge in [-0.2, -0.15) is 0 Å². The highest BCUT2D eigenvalue weighted by Gasteiger charge is 2.40. The molecule has 1 aromatic carbocycles. The highest BCUT2D eigenvalue weighted by atomic mass is 16.5. The summed E-state index contributed by atoms with van der Waals surface area (Å²) in [4.78, 5) is 4.81. The Morgan fingerprint density at radius 2 is 2.18 bits per heavy atom. The Balaban J connectivity index is 1.67. The number of methoxy groups -OCH3 is 1. The Hall–Kier alpha value is -1.55. The fourth-order valence-corrected chi connectivity index (χ4v) is 3.78. The van der Waals surface area contributed by atoms with Crippen LogP contribution in [0.3, 0.4) is 0 Å². The molecule has 3 rings (SSSR count). The van der Waals surface area contributed by atoms with Gasteiger partial charge in [0.2, 0.25) is 0 Å². The number of aliphatic imine (C=N–C) groups is 1. The molecule has 1 spiro atoms. The van der Waals surface area contributed by atoms with Gasteiger partial charge in [-0.1, -0.05) is 31.9 Å². The molecule has 0 bridgehead atoms. The van der Waals surface area contributed by atoms with Crippen LogP contribution in [0.15, 0.2) is 29.3 Å². The van der Waals surface area contributed by atoms with E-state index in [2.05, 4.69) is 29.7 Å². The third-order valence-corrected chi connectivity index (χ3v) is 4.91. The Bertz CT molecular complexity index is 526. The molecule has 1 heterocycles. The van der Waals surface area contributed by atoms with E-state index in [0.29, 0.717) is 0 Å². The number of benzene rings is 1. The highest BCUT2D eigenvalue weighted by molar-refractivity contribution is 5.92. The van der Waals surface area contributed by atoms with Crippen molar-refractivity contribution in [3.8, 4) is 5.75 Å². The quantitative estimate of drug-likeness (QED) is 0.902. The van der Waals surface area contributed by atoms with E-state index in [-0.39, 0.29) is 5.54 Å². The summed E-state index contributed by atoms with van der Waals surface area (Å²) in [7, 11) is 1.70. The fraction of sp³-hybridized carbons (Fsp3) is 0.611. The van der Waals surface area contributed by atoms with Crippen LogP contribution in [-0.4, -0.2) is 31.6 Å². The molecule has 1 aromatic rings. The molecule has 1 aliphatic heterocycles. The van der Waals surface area contributed by atoms with Crippen LogP contribution >= 0.6 is 0 Å². The molecule has 1 aliphatic carbocycles. The Kier molecular flexibility index (Phi) is 4.67. The Labute approximate surface area is 133 Å². The van der Waals surface area contributed by atoms with Crippen molar-refractivity contribution in [2.24, 2.45) is 10.9 Å².